The SMILES string of the molecule is CCNc1nc(-c2cc(C)n(-c3c(C)n(C)n(-c4ccccc4)c3=O)c2C)cs1. The Hall–Kier alpha value is -3.06. The summed E-state index contributed by atoms with van der Waals surface area (Å²) in [7, 11) is 1.92. The largest absolute Gasteiger partial charge is 0.362 e. The van der Waals surface area contributed by atoms with Crippen molar-refractivity contribution in [1.29, 1.82) is 0 Å². The summed E-state index contributed by atoms with van der Waals surface area (Å²) < 4.78 is 5.69. The first kappa shape index (κ1) is 19.3. The van der Waals surface area contributed by atoms with Crippen LogP contribution in [0.25, 0.3) is 22.6 Å². The van der Waals surface area contributed by atoms with Gasteiger partial charge in [-0.05, 0) is 45.9 Å². The number of nitrogens with zero attached hydrogens (tertiary/aromatic N) is 4. The second-order valence-electron chi connectivity index (χ2n) is 7.10. The monoisotopic (exact) mass is 407 g/mol. The summed E-state index contributed by atoms with van der Waals surface area (Å²) in [6.45, 7) is 8.97. The van der Waals surface area contributed by atoms with Gasteiger partial charge in [0.25, 0.3) is 5.56 Å². The Morgan fingerprint density at radius 3 is 2.52 bits per heavy atom. The fourth-order valence-corrected chi connectivity index (χ4v) is 4.59. The first-order valence-corrected chi connectivity index (χ1v) is 10.5. The molecule has 0 fully saturated rings. The van der Waals surface area contributed by atoms with Crippen LogP contribution in [0.15, 0.2) is 46.6 Å². The van der Waals surface area contributed by atoms with E-state index < -0.39 is 0 Å². The maximum Gasteiger partial charge on any atom is 0.295 e. The van der Waals surface area contributed by atoms with Crippen LogP contribution in [-0.4, -0.2) is 25.5 Å². The lowest BCUT2D eigenvalue weighted by Gasteiger charge is -2.08. The fourth-order valence-electron chi connectivity index (χ4n) is 3.81. The van der Waals surface area contributed by atoms with E-state index in [0.29, 0.717) is 5.69 Å². The van der Waals surface area contributed by atoms with Gasteiger partial charge >= 0.3 is 0 Å². The van der Waals surface area contributed by atoms with Crippen molar-refractivity contribution >= 4 is 16.5 Å². The van der Waals surface area contributed by atoms with E-state index in [4.69, 9.17) is 4.98 Å². The Labute approximate surface area is 174 Å². The summed E-state index contributed by atoms with van der Waals surface area (Å²) in [6.07, 6.45) is 0. The average molecular weight is 408 g/mol. The highest BCUT2D eigenvalue weighted by Crippen LogP contribution is 2.31. The van der Waals surface area contributed by atoms with E-state index in [2.05, 4.69) is 28.3 Å². The van der Waals surface area contributed by atoms with Crippen LogP contribution in [0, 0.1) is 20.8 Å². The van der Waals surface area contributed by atoms with Crippen LogP contribution < -0.4 is 10.9 Å². The molecule has 0 bridgehead atoms. The van der Waals surface area contributed by atoms with Crippen molar-refractivity contribution in [1.82, 2.24) is 18.9 Å². The van der Waals surface area contributed by atoms with Gasteiger partial charge in [-0.3, -0.25) is 9.48 Å². The summed E-state index contributed by atoms with van der Waals surface area (Å²) in [5, 5.41) is 6.23. The van der Waals surface area contributed by atoms with Gasteiger partial charge in [-0.25, -0.2) is 9.67 Å². The zero-order valence-electron chi connectivity index (χ0n) is 17.4. The predicted molar refractivity (Wildman–Crippen MR) is 120 cm³/mol. The van der Waals surface area contributed by atoms with Gasteiger partial charge in [-0.1, -0.05) is 18.2 Å². The van der Waals surface area contributed by atoms with Gasteiger partial charge in [0.15, 0.2) is 5.13 Å². The first-order valence-electron chi connectivity index (χ1n) is 9.67. The second-order valence-corrected chi connectivity index (χ2v) is 7.96. The van der Waals surface area contributed by atoms with Crippen LogP contribution in [0.5, 0.6) is 0 Å². The molecule has 0 amide bonds. The van der Waals surface area contributed by atoms with Crippen LogP contribution in [0.2, 0.25) is 0 Å². The van der Waals surface area contributed by atoms with Gasteiger partial charge < -0.3 is 9.88 Å². The standard InChI is InChI=1S/C22H25N5OS/c1-6-23-22-24-19(13-29-22)18-12-14(2)26(15(18)3)20-16(4)25(5)27(21(20)28)17-10-8-7-9-11-17/h7-13H,6H2,1-5H3,(H,23,24). The third-order valence-electron chi connectivity index (χ3n) is 5.29. The van der Waals surface area contributed by atoms with Crippen molar-refractivity contribution in [2.45, 2.75) is 27.7 Å². The summed E-state index contributed by atoms with van der Waals surface area (Å²) in [6, 6.07) is 11.8. The molecule has 0 aliphatic rings. The van der Waals surface area contributed by atoms with Crippen molar-refractivity contribution in [3.05, 3.63) is 69.2 Å². The van der Waals surface area contributed by atoms with E-state index in [0.717, 1.165) is 45.7 Å². The number of rotatable bonds is 5. The molecule has 1 N–H and O–H groups in total. The number of anilines is 1. The molecule has 4 rings (SSSR count). The van der Waals surface area contributed by atoms with Gasteiger partial charge in [0.1, 0.15) is 5.69 Å². The van der Waals surface area contributed by atoms with Crippen LogP contribution >= 0.6 is 11.3 Å². The van der Waals surface area contributed by atoms with E-state index in [1.165, 1.54) is 0 Å². The van der Waals surface area contributed by atoms with Crippen LogP contribution in [0.1, 0.15) is 24.0 Å². The number of para-hydroxylation sites is 1. The molecule has 0 radical (unpaired) electrons. The Morgan fingerprint density at radius 1 is 1.10 bits per heavy atom. The lowest BCUT2D eigenvalue weighted by Crippen LogP contribution is -2.21. The lowest BCUT2D eigenvalue weighted by atomic mass is 10.2. The van der Waals surface area contributed by atoms with Crippen molar-refractivity contribution < 1.29 is 0 Å². The highest BCUT2D eigenvalue weighted by atomic mass is 32.1. The quantitative estimate of drug-likeness (QED) is 0.532. The topological polar surface area (TPSA) is 56.8 Å². The fraction of sp³-hybridized carbons (Fsp3) is 0.273. The maximum atomic E-state index is 13.4. The Bertz CT molecular complexity index is 1230. The summed E-state index contributed by atoms with van der Waals surface area (Å²) in [5.74, 6) is 0. The van der Waals surface area contributed by atoms with Gasteiger partial charge in [0.2, 0.25) is 0 Å². The number of aromatic nitrogens is 4. The predicted octanol–water partition coefficient (Wildman–Crippen LogP) is 4.45. The minimum Gasteiger partial charge on any atom is -0.362 e. The summed E-state index contributed by atoms with van der Waals surface area (Å²) >= 11 is 1.60. The van der Waals surface area contributed by atoms with Crippen molar-refractivity contribution in [3.63, 3.8) is 0 Å². The Kier molecular flexibility index (Phi) is 4.92. The van der Waals surface area contributed by atoms with E-state index in [1.54, 1.807) is 16.0 Å². The normalized spacial score (nSPS) is 11.2. The Balaban J connectivity index is 1.88. The third kappa shape index (κ3) is 3.11. The molecule has 0 spiro atoms. The number of aryl methyl sites for hydroxylation is 1. The number of hydrogen-bond acceptors (Lipinski definition) is 4. The average Bonchev–Trinajstić information content (AvgIpc) is 3.34. The minimum absolute atomic E-state index is 0.0313. The molecule has 0 aliphatic carbocycles. The minimum atomic E-state index is -0.0313. The molecule has 6 nitrogen and oxygen atoms in total. The zero-order valence-corrected chi connectivity index (χ0v) is 18.2. The molecule has 1 aromatic carbocycles. The van der Waals surface area contributed by atoms with E-state index in [9.17, 15) is 4.79 Å². The molecule has 29 heavy (non-hydrogen) atoms. The van der Waals surface area contributed by atoms with Crippen LogP contribution in [0.4, 0.5) is 5.13 Å². The summed E-state index contributed by atoms with van der Waals surface area (Å²) in [5.41, 5.74) is 6.43. The second kappa shape index (κ2) is 7.40. The molecule has 4 aromatic rings. The van der Waals surface area contributed by atoms with E-state index in [-0.39, 0.29) is 5.56 Å². The van der Waals surface area contributed by atoms with Gasteiger partial charge in [0, 0.05) is 35.9 Å². The maximum absolute atomic E-state index is 13.4. The third-order valence-corrected chi connectivity index (χ3v) is 6.09. The van der Waals surface area contributed by atoms with E-state index >= 15 is 0 Å². The summed E-state index contributed by atoms with van der Waals surface area (Å²) in [4.78, 5) is 18.1. The number of nitrogens with one attached hydrogen (secondary N) is 1. The van der Waals surface area contributed by atoms with Crippen molar-refractivity contribution in [2.75, 3.05) is 11.9 Å². The number of thiazole rings is 1. The molecule has 0 aliphatic heterocycles. The van der Waals surface area contributed by atoms with Crippen molar-refractivity contribution in [3.8, 4) is 22.6 Å². The smallest absolute Gasteiger partial charge is 0.295 e. The molecule has 0 saturated carbocycles. The van der Waals surface area contributed by atoms with Crippen molar-refractivity contribution in [2.24, 2.45) is 7.05 Å². The number of benzene rings is 1. The molecule has 7 heteroatoms. The number of hydrogen-bond donors (Lipinski definition) is 1. The Morgan fingerprint density at radius 2 is 1.83 bits per heavy atom. The highest BCUT2D eigenvalue weighted by Gasteiger charge is 2.22. The first-order chi connectivity index (χ1) is 13.9. The molecule has 3 aromatic heterocycles. The zero-order chi connectivity index (χ0) is 20.7. The van der Waals surface area contributed by atoms with Crippen LogP contribution in [0.3, 0.4) is 0 Å². The molecule has 0 atom stereocenters. The van der Waals surface area contributed by atoms with Crippen LogP contribution in [-0.2, 0) is 7.05 Å². The molecule has 0 unspecified atom stereocenters. The molecule has 150 valence electrons. The lowest BCUT2D eigenvalue weighted by molar-refractivity contribution is 0.630. The van der Waals surface area contributed by atoms with Gasteiger partial charge in [-0.2, -0.15) is 0 Å². The molecular formula is C22H25N5OS. The molecule has 0 saturated heterocycles. The molecular weight excluding hydrogens is 382 g/mol. The molecule has 3 heterocycles. The highest BCUT2D eigenvalue weighted by molar-refractivity contribution is 7.14. The van der Waals surface area contributed by atoms with Gasteiger partial charge in [-0.15, -0.1) is 11.3 Å². The van der Waals surface area contributed by atoms with Gasteiger partial charge in [0.05, 0.1) is 17.1 Å². The van der Waals surface area contributed by atoms with E-state index in [1.807, 2.05) is 62.8 Å².